The minimum Gasteiger partial charge on any atom is -0.357 e. The quantitative estimate of drug-likeness (QED) is 0.314. The van der Waals surface area contributed by atoms with Gasteiger partial charge in [0.25, 0.3) is 0 Å². The number of carbonyl (C=O) groups is 1. The van der Waals surface area contributed by atoms with Gasteiger partial charge in [-0.2, -0.15) is 0 Å². The smallest absolute Gasteiger partial charge is 0.222 e. The molecule has 1 aromatic rings. The number of amides is 1. The highest BCUT2D eigenvalue weighted by Gasteiger charge is 2.25. The first-order chi connectivity index (χ1) is 14.7. The number of likely N-dealkylation sites (tertiary alicyclic amines) is 2. The first-order valence-electron chi connectivity index (χ1n) is 11.8. The molecule has 7 heteroatoms. The number of halogens is 1. The fraction of sp³-hybridized carbons (Fsp3) is 0.667. The summed E-state index contributed by atoms with van der Waals surface area (Å²) < 4.78 is 0. The van der Waals surface area contributed by atoms with E-state index in [9.17, 15) is 4.79 Å². The van der Waals surface area contributed by atoms with Crippen molar-refractivity contribution in [2.24, 2.45) is 4.99 Å². The van der Waals surface area contributed by atoms with Gasteiger partial charge < -0.3 is 15.5 Å². The third kappa shape index (κ3) is 8.60. The molecule has 2 aliphatic rings. The monoisotopic (exact) mass is 541 g/mol. The number of guanidine groups is 1. The van der Waals surface area contributed by atoms with Crippen LogP contribution in [0.25, 0.3) is 0 Å². The summed E-state index contributed by atoms with van der Waals surface area (Å²) in [5.41, 5.74) is 2.61. The molecule has 1 aromatic carbocycles. The Balaban J connectivity index is 0.00000341. The highest BCUT2D eigenvalue weighted by molar-refractivity contribution is 14.0. The molecule has 6 nitrogen and oxygen atoms in total. The normalized spacial score (nSPS) is 20.1. The Labute approximate surface area is 205 Å². The van der Waals surface area contributed by atoms with Gasteiger partial charge >= 0.3 is 0 Å². The van der Waals surface area contributed by atoms with Gasteiger partial charge in [-0.25, -0.2) is 4.99 Å². The molecule has 0 spiro atoms. The molecular weight excluding hydrogens is 501 g/mol. The van der Waals surface area contributed by atoms with Crippen molar-refractivity contribution in [1.82, 2.24) is 20.4 Å². The number of hydrogen-bond acceptors (Lipinski definition) is 3. The van der Waals surface area contributed by atoms with E-state index in [1.807, 2.05) is 11.8 Å². The average Bonchev–Trinajstić information content (AvgIpc) is 3.08. The lowest BCUT2D eigenvalue weighted by Gasteiger charge is -2.20. The topological polar surface area (TPSA) is 60.0 Å². The number of hydrogen-bond donors (Lipinski definition) is 2. The minimum atomic E-state index is 0. The van der Waals surface area contributed by atoms with Crippen molar-refractivity contribution in [3.05, 3.63) is 35.4 Å². The summed E-state index contributed by atoms with van der Waals surface area (Å²) in [7, 11) is 0. The third-order valence-electron chi connectivity index (χ3n) is 6.08. The number of nitrogens with zero attached hydrogens (tertiary/aromatic N) is 3. The molecule has 2 N–H and O–H groups in total. The number of aliphatic imine (C=N–C) groups is 1. The zero-order valence-electron chi connectivity index (χ0n) is 19.2. The number of benzene rings is 1. The van der Waals surface area contributed by atoms with E-state index in [1.165, 1.54) is 49.9 Å². The number of rotatable bonds is 7. The van der Waals surface area contributed by atoms with Crippen LogP contribution in [-0.2, 0) is 17.9 Å². The van der Waals surface area contributed by atoms with Gasteiger partial charge in [0.05, 0.1) is 6.54 Å². The maximum absolute atomic E-state index is 11.9. The summed E-state index contributed by atoms with van der Waals surface area (Å²) in [5, 5.41) is 6.84. The van der Waals surface area contributed by atoms with Crippen LogP contribution in [-0.4, -0.2) is 60.4 Å². The highest BCUT2D eigenvalue weighted by atomic mass is 127. The maximum atomic E-state index is 11.9. The van der Waals surface area contributed by atoms with Crippen LogP contribution < -0.4 is 10.6 Å². The largest absolute Gasteiger partial charge is 0.357 e. The Kier molecular flexibility index (Phi) is 11.6. The Morgan fingerprint density at radius 2 is 1.71 bits per heavy atom. The maximum Gasteiger partial charge on any atom is 0.222 e. The lowest BCUT2D eigenvalue weighted by atomic mass is 10.1. The highest BCUT2D eigenvalue weighted by Crippen LogP contribution is 2.14. The molecule has 1 amide bonds. The minimum absolute atomic E-state index is 0. The Hall–Kier alpha value is -1.35. The second kappa shape index (κ2) is 13.9. The number of carbonyl (C=O) groups excluding carboxylic acids is 1. The molecule has 0 radical (unpaired) electrons. The predicted molar refractivity (Wildman–Crippen MR) is 139 cm³/mol. The summed E-state index contributed by atoms with van der Waals surface area (Å²) in [6, 6.07) is 9.19. The molecule has 2 aliphatic heterocycles. The van der Waals surface area contributed by atoms with Crippen LogP contribution in [0.15, 0.2) is 29.3 Å². The van der Waals surface area contributed by atoms with Crippen molar-refractivity contribution in [3.8, 4) is 0 Å². The van der Waals surface area contributed by atoms with Crippen LogP contribution in [0.4, 0.5) is 0 Å². The third-order valence-corrected chi connectivity index (χ3v) is 6.08. The van der Waals surface area contributed by atoms with Gasteiger partial charge in [-0.1, -0.05) is 44.0 Å². The standard InChI is InChI=1S/C24H39N5O.HI/c1-3-23(30)29-16-13-22(19-29)27-24(25-4-2)26-17-20-9-11-21(12-10-20)18-28-14-7-5-6-8-15-28;/h9-12,22H,3-8,13-19H2,1-2H3,(H2,25,26,27);1H. The second-order valence-electron chi connectivity index (χ2n) is 8.53. The van der Waals surface area contributed by atoms with E-state index in [-0.39, 0.29) is 35.9 Å². The van der Waals surface area contributed by atoms with Crippen molar-refractivity contribution < 1.29 is 4.79 Å². The molecule has 3 rings (SSSR count). The van der Waals surface area contributed by atoms with E-state index >= 15 is 0 Å². The first kappa shape index (κ1) is 25.9. The lowest BCUT2D eigenvalue weighted by Crippen LogP contribution is -2.45. The summed E-state index contributed by atoms with van der Waals surface area (Å²) in [4.78, 5) is 21.2. The summed E-state index contributed by atoms with van der Waals surface area (Å²) in [5.74, 6) is 1.07. The molecular formula is C24H40IN5O. The Bertz CT molecular complexity index is 686. The Morgan fingerprint density at radius 3 is 2.35 bits per heavy atom. The zero-order valence-corrected chi connectivity index (χ0v) is 21.6. The first-order valence-corrected chi connectivity index (χ1v) is 11.8. The van der Waals surface area contributed by atoms with Crippen LogP contribution in [0.5, 0.6) is 0 Å². The van der Waals surface area contributed by atoms with Gasteiger partial charge in [0.15, 0.2) is 5.96 Å². The molecule has 31 heavy (non-hydrogen) atoms. The summed E-state index contributed by atoms with van der Waals surface area (Å²) in [6.07, 6.45) is 6.97. The molecule has 0 bridgehead atoms. The van der Waals surface area contributed by atoms with E-state index in [0.717, 1.165) is 38.6 Å². The lowest BCUT2D eigenvalue weighted by molar-refractivity contribution is -0.129. The Morgan fingerprint density at radius 1 is 1.03 bits per heavy atom. The van der Waals surface area contributed by atoms with Crippen LogP contribution in [0.1, 0.15) is 63.5 Å². The van der Waals surface area contributed by atoms with E-state index in [2.05, 4.69) is 46.7 Å². The zero-order chi connectivity index (χ0) is 21.2. The van der Waals surface area contributed by atoms with E-state index in [0.29, 0.717) is 13.0 Å². The van der Waals surface area contributed by atoms with Crippen molar-refractivity contribution in [1.29, 1.82) is 0 Å². The van der Waals surface area contributed by atoms with E-state index < -0.39 is 0 Å². The van der Waals surface area contributed by atoms with Gasteiger partial charge in [0, 0.05) is 38.6 Å². The van der Waals surface area contributed by atoms with Gasteiger partial charge in [-0.3, -0.25) is 9.69 Å². The molecule has 2 saturated heterocycles. The molecule has 1 atom stereocenters. The van der Waals surface area contributed by atoms with Crippen molar-refractivity contribution >= 4 is 35.8 Å². The van der Waals surface area contributed by atoms with Gasteiger partial charge in [0.2, 0.25) is 5.91 Å². The van der Waals surface area contributed by atoms with Gasteiger partial charge in [0.1, 0.15) is 0 Å². The molecule has 0 saturated carbocycles. The van der Waals surface area contributed by atoms with Crippen molar-refractivity contribution in [2.45, 2.75) is 71.5 Å². The molecule has 174 valence electrons. The molecule has 1 unspecified atom stereocenters. The van der Waals surface area contributed by atoms with Crippen LogP contribution in [0, 0.1) is 0 Å². The van der Waals surface area contributed by atoms with Crippen molar-refractivity contribution in [3.63, 3.8) is 0 Å². The van der Waals surface area contributed by atoms with Crippen LogP contribution >= 0.6 is 24.0 Å². The molecule has 2 heterocycles. The van der Waals surface area contributed by atoms with E-state index in [1.54, 1.807) is 0 Å². The molecule has 0 aliphatic carbocycles. The summed E-state index contributed by atoms with van der Waals surface area (Å²) >= 11 is 0. The second-order valence-corrected chi connectivity index (χ2v) is 8.53. The fourth-order valence-corrected chi connectivity index (χ4v) is 4.31. The average molecular weight is 542 g/mol. The fourth-order valence-electron chi connectivity index (χ4n) is 4.31. The van der Waals surface area contributed by atoms with Gasteiger partial charge in [-0.05, 0) is 50.4 Å². The predicted octanol–water partition coefficient (Wildman–Crippen LogP) is 3.75. The molecule has 0 aromatic heterocycles. The van der Waals surface area contributed by atoms with Gasteiger partial charge in [-0.15, -0.1) is 24.0 Å². The SMILES string of the molecule is CCNC(=NCc1ccc(CN2CCCCCC2)cc1)NC1CCN(C(=O)CC)C1.I. The van der Waals surface area contributed by atoms with E-state index in [4.69, 9.17) is 4.99 Å². The van der Waals surface area contributed by atoms with Crippen LogP contribution in [0.3, 0.4) is 0 Å². The number of nitrogens with one attached hydrogen (secondary N) is 2. The molecule has 2 fully saturated rings. The van der Waals surface area contributed by atoms with Crippen LogP contribution in [0.2, 0.25) is 0 Å². The summed E-state index contributed by atoms with van der Waals surface area (Å²) in [6.45, 7) is 10.6. The van der Waals surface area contributed by atoms with Crippen molar-refractivity contribution in [2.75, 3.05) is 32.7 Å².